The number of hydrogen-bond acceptors (Lipinski definition) is 3. The molecule has 6 heteroatoms. The molecule has 1 heterocycles. The molecule has 1 fully saturated rings. The van der Waals surface area contributed by atoms with Crippen molar-refractivity contribution in [2.24, 2.45) is 5.92 Å². The number of nitrogens with one attached hydrogen (secondary N) is 1. The number of nitrogens with zero attached hydrogens (tertiary/aromatic N) is 2. The lowest BCUT2D eigenvalue weighted by atomic mass is 9.86. The van der Waals surface area contributed by atoms with Crippen molar-refractivity contribution >= 4 is 11.9 Å². The van der Waals surface area contributed by atoms with Gasteiger partial charge in [0.15, 0.2) is 0 Å². The van der Waals surface area contributed by atoms with Gasteiger partial charge in [-0.05, 0) is 18.8 Å². The number of amides is 1. The summed E-state index contributed by atoms with van der Waals surface area (Å²) in [5, 5.41) is 15.6. The predicted octanol–water partition coefficient (Wildman–Crippen LogP) is 1.28. The Hall–Kier alpha value is -1.85. The van der Waals surface area contributed by atoms with Crippen LogP contribution < -0.4 is 5.32 Å². The molecule has 0 bridgehead atoms. The maximum absolute atomic E-state index is 11.9. The summed E-state index contributed by atoms with van der Waals surface area (Å²) in [5.41, 5.74) is 0.0961. The summed E-state index contributed by atoms with van der Waals surface area (Å²) in [7, 11) is 0. The van der Waals surface area contributed by atoms with Crippen molar-refractivity contribution in [3.8, 4) is 0 Å². The molecule has 19 heavy (non-hydrogen) atoms. The zero-order valence-electron chi connectivity index (χ0n) is 11.0. The Morgan fingerprint density at radius 2 is 2.21 bits per heavy atom. The van der Waals surface area contributed by atoms with Crippen molar-refractivity contribution in [3.63, 3.8) is 0 Å². The van der Waals surface area contributed by atoms with E-state index >= 15 is 0 Å². The van der Waals surface area contributed by atoms with Crippen LogP contribution in [0, 0.1) is 5.92 Å². The highest BCUT2D eigenvalue weighted by Crippen LogP contribution is 2.23. The molecule has 0 radical (unpaired) electrons. The van der Waals surface area contributed by atoms with Crippen LogP contribution in [-0.2, 0) is 11.3 Å². The van der Waals surface area contributed by atoms with Gasteiger partial charge in [-0.2, -0.15) is 5.10 Å². The van der Waals surface area contributed by atoms with Gasteiger partial charge < -0.3 is 10.4 Å². The van der Waals surface area contributed by atoms with Crippen molar-refractivity contribution in [2.75, 3.05) is 0 Å². The van der Waals surface area contributed by atoms with Gasteiger partial charge in [-0.15, -0.1) is 0 Å². The van der Waals surface area contributed by atoms with E-state index in [4.69, 9.17) is 5.11 Å². The van der Waals surface area contributed by atoms with Crippen molar-refractivity contribution in [1.29, 1.82) is 0 Å². The number of rotatable bonds is 4. The Morgan fingerprint density at radius 3 is 2.84 bits per heavy atom. The lowest BCUT2D eigenvalue weighted by Crippen LogP contribution is -2.42. The minimum Gasteiger partial charge on any atom is -0.478 e. The first-order valence-electron chi connectivity index (χ1n) is 6.61. The molecule has 2 rings (SSSR count). The smallest absolute Gasteiger partial charge is 0.338 e. The van der Waals surface area contributed by atoms with Gasteiger partial charge in [0, 0.05) is 12.2 Å². The highest BCUT2D eigenvalue weighted by molar-refractivity contribution is 5.87. The Balaban J connectivity index is 1.87. The summed E-state index contributed by atoms with van der Waals surface area (Å²) in [6.07, 6.45) is 7.17. The van der Waals surface area contributed by atoms with E-state index in [1.807, 2.05) is 0 Å². The molecule has 1 aromatic heterocycles. The maximum Gasteiger partial charge on any atom is 0.338 e. The lowest BCUT2D eigenvalue weighted by Gasteiger charge is -2.29. The van der Waals surface area contributed by atoms with Crippen LogP contribution in [0.15, 0.2) is 12.4 Å². The third-order valence-electron chi connectivity index (χ3n) is 3.64. The minimum absolute atomic E-state index is 0.0660. The van der Waals surface area contributed by atoms with Gasteiger partial charge in [-0.25, -0.2) is 4.79 Å². The molecular formula is C13H19N3O3. The van der Waals surface area contributed by atoms with Gasteiger partial charge in [0.05, 0.1) is 11.8 Å². The largest absolute Gasteiger partial charge is 0.478 e. The van der Waals surface area contributed by atoms with Gasteiger partial charge in [0.25, 0.3) is 0 Å². The van der Waals surface area contributed by atoms with E-state index in [1.165, 1.54) is 23.5 Å². The predicted molar refractivity (Wildman–Crippen MR) is 68.7 cm³/mol. The van der Waals surface area contributed by atoms with Gasteiger partial charge in [-0.3, -0.25) is 9.48 Å². The van der Waals surface area contributed by atoms with Gasteiger partial charge in [0.2, 0.25) is 5.91 Å². The van der Waals surface area contributed by atoms with Gasteiger partial charge in [0.1, 0.15) is 6.54 Å². The number of aromatic nitrogens is 2. The summed E-state index contributed by atoms with van der Waals surface area (Å²) < 4.78 is 1.35. The number of aromatic carboxylic acids is 1. The molecular weight excluding hydrogens is 246 g/mol. The van der Waals surface area contributed by atoms with Crippen LogP contribution >= 0.6 is 0 Å². The molecule has 1 amide bonds. The molecule has 104 valence electrons. The second kappa shape index (κ2) is 5.86. The average Bonchev–Trinajstić information content (AvgIpc) is 2.80. The van der Waals surface area contributed by atoms with Crippen molar-refractivity contribution in [3.05, 3.63) is 18.0 Å². The second-order valence-electron chi connectivity index (χ2n) is 5.17. The summed E-state index contributed by atoms with van der Waals surface area (Å²) >= 11 is 0. The second-order valence-corrected chi connectivity index (χ2v) is 5.17. The van der Waals surface area contributed by atoms with Crippen LogP contribution in [0.1, 0.15) is 43.0 Å². The molecule has 0 aliphatic heterocycles. The number of hydrogen-bond donors (Lipinski definition) is 2. The Kier molecular flexibility index (Phi) is 4.19. The topological polar surface area (TPSA) is 84.2 Å². The zero-order valence-corrected chi connectivity index (χ0v) is 11.0. The van der Waals surface area contributed by atoms with Crippen molar-refractivity contribution < 1.29 is 14.7 Å². The molecule has 2 unspecified atom stereocenters. The number of carboxylic acid groups (broad SMARTS) is 1. The molecule has 1 aromatic rings. The summed E-state index contributed by atoms with van der Waals surface area (Å²) in [6, 6.07) is 0.232. The van der Waals surface area contributed by atoms with Crippen molar-refractivity contribution in [1.82, 2.24) is 15.1 Å². The molecule has 0 spiro atoms. The quantitative estimate of drug-likeness (QED) is 0.858. The Morgan fingerprint density at radius 1 is 1.47 bits per heavy atom. The van der Waals surface area contributed by atoms with E-state index in [1.54, 1.807) is 0 Å². The fraction of sp³-hybridized carbons (Fsp3) is 0.615. The monoisotopic (exact) mass is 265 g/mol. The third kappa shape index (κ3) is 3.56. The Labute approximate surface area is 111 Å². The highest BCUT2D eigenvalue weighted by atomic mass is 16.4. The van der Waals surface area contributed by atoms with Crippen LogP contribution in [0.3, 0.4) is 0 Å². The van der Waals surface area contributed by atoms with Crippen LogP contribution in [-0.4, -0.2) is 32.8 Å². The number of carbonyl (C=O) groups excluding carboxylic acids is 1. The zero-order chi connectivity index (χ0) is 13.8. The summed E-state index contributed by atoms with van der Waals surface area (Å²) in [5.74, 6) is -0.642. The summed E-state index contributed by atoms with van der Waals surface area (Å²) in [4.78, 5) is 22.6. The van der Waals surface area contributed by atoms with Crippen LogP contribution in [0.25, 0.3) is 0 Å². The Bertz CT molecular complexity index is 469. The van der Waals surface area contributed by atoms with Crippen LogP contribution in [0.2, 0.25) is 0 Å². The lowest BCUT2D eigenvalue weighted by molar-refractivity contribution is -0.123. The number of carbonyl (C=O) groups is 2. The number of carboxylic acids is 1. The van der Waals surface area contributed by atoms with E-state index in [-0.39, 0.29) is 24.1 Å². The molecule has 0 saturated heterocycles. The molecule has 6 nitrogen and oxygen atoms in total. The molecule has 2 atom stereocenters. The summed E-state index contributed by atoms with van der Waals surface area (Å²) in [6.45, 7) is 2.22. The first-order chi connectivity index (χ1) is 9.06. The maximum atomic E-state index is 11.9. The third-order valence-corrected chi connectivity index (χ3v) is 3.64. The van der Waals surface area contributed by atoms with E-state index in [0.29, 0.717) is 5.92 Å². The van der Waals surface area contributed by atoms with Gasteiger partial charge in [-0.1, -0.05) is 19.8 Å². The fourth-order valence-electron chi connectivity index (χ4n) is 2.49. The fourth-order valence-corrected chi connectivity index (χ4v) is 2.49. The molecule has 0 aromatic carbocycles. The van der Waals surface area contributed by atoms with E-state index in [2.05, 4.69) is 17.3 Å². The molecule has 2 N–H and O–H groups in total. The van der Waals surface area contributed by atoms with Crippen LogP contribution in [0.5, 0.6) is 0 Å². The minimum atomic E-state index is -1.03. The normalized spacial score (nSPS) is 23.0. The van der Waals surface area contributed by atoms with Crippen LogP contribution in [0.4, 0.5) is 0 Å². The van der Waals surface area contributed by atoms with E-state index < -0.39 is 5.97 Å². The molecule has 1 saturated carbocycles. The molecule has 1 aliphatic carbocycles. The van der Waals surface area contributed by atoms with Gasteiger partial charge >= 0.3 is 5.97 Å². The SMILES string of the molecule is CC1CCCCC1NC(=O)Cn1cc(C(=O)O)cn1. The van der Waals surface area contributed by atoms with Crippen molar-refractivity contribution in [2.45, 2.75) is 45.2 Å². The molecule has 1 aliphatic rings. The standard InChI is InChI=1S/C13H19N3O3/c1-9-4-2-3-5-11(9)15-12(17)8-16-7-10(6-14-16)13(18)19/h6-7,9,11H,2-5,8H2,1H3,(H,15,17)(H,18,19). The van der Waals surface area contributed by atoms with E-state index in [9.17, 15) is 9.59 Å². The average molecular weight is 265 g/mol. The first-order valence-corrected chi connectivity index (χ1v) is 6.61. The highest BCUT2D eigenvalue weighted by Gasteiger charge is 2.22. The van der Waals surface area contributed by atoms with E-state index in [0.717, 1.165) is 19.3 Å². The first kappa shape index (κ1) is 13.6.